The Morgan fingerprint density at radius 2 is 2.07 bits per heavy atom. The van der Waals surface area contributed by atoms with Crippen molar-refractivity contribution in [2.24, 2.45) is 0 Å². The molecule has 4 heterocycles. The summed E-state index contributed by atoms with van der Waals surface area (Å²) >= 11 is 0. The van der Waals surface area contributed by atoms with Gasteiger partial charge in [-0.05, 0) is 38.8 Å². The summed E-state index contributed by atoms with van der Waals surface area (Å²) in [6.45, 7) is 2.33. The lowest BCUT2D eigenvalue weighted by Crippen LogP contribution is -2.33. The molecule has 0 spiro atoms. The molecule has 3 aromatic rings. The zero-order chi connectivity index (χ0) is 20.3. The second kappa shape index (κ2) is 6.35. The van der Waals surface area contributed by atoms with Crippen LogP contribution in [-0.2, 0) is 16.9 Å². The number of aromatic nitrogens is 4. The molecule has 0 saturated heterocycles. The predicted octanol–water partition coefficient (Wildman–Crippen LogP) is 3.82. The van der Waals surface area contributed by atoms with Gasteiger partial charge in [-0.3, -0.25) is 4.98 Å². The largest absolute Gasteiger partial charge is 0.431 e. The van der Waals surface area contributed by atoms with Gasteiger partial charge in [-0.25, -0.2) is 9.97 Å². The summed E-state index contributed by atoms with van der Waals surface area (Å²) < 4.78 is 38.0. The number of rotatable bonds is 4. The van der Waals surface area contributed by atoms with Gasteiger partial charge in [0.2, 0.25) is 0 Å². The van der Waals surface area contributed by atoms with Crippen molar-refractivity contribution in [3.8, 4) is 17.0 Å². The number of nitrogen functional groups attached to an aromatic ring is 1. The second-order valence-corrected chi connectivity index (χ2v) is 7.97. The molecule has 29 heavy (non-hydrogen) atoms. The molecule has 2 N–H and O–H groups in total. The first-order valence-electron chi connectivity index (χ1n) is 9.60. The van der Waals surface area contributed by atoms with Gasteiger partial charge in [0.05, 0.1) is 23.5 Å². The highest BCUT2D eigenvalue weighted by Crippen LogP contribution is 2.44. The Kier molecular flexibility index (Phi) is 3.99. The fourth-order valence-electron chi connectivity index (χ4n) is 3.86. The normalized spacial score (nSPS) is 18.2. The lowest BCUT2D eigenvalue weighted by atomic mass is 10.1. The van der Waals surface area contributed by atoms with E-state index < -0.39 is 12.2 Å². The quantitative estimate of drug-likeness (QED) is 0.715. The number of hydrogen-bond donors (Lipinski definition) is 1. The summed E-state index contributed by atoms with van der Waals surface area (Å²) in [6, 6.07) is 3.39. The predicted molar refractivity (Wildman–Crippen MR) is 103 cm³/mol. The molecule has 9 heteroatoms. The van der Waals surface area contributed by atoms with Crippen molar-refractivity contribution in [2.75, 3.05) is 12.3 Å². The number of hydrogen-bond acceptors (Lipinski definition) is 6. The van der Waals surface area contributed by atoms with Crippen LogP contribution in [0.25, 0.3) is 22.3 Å². The lowest BCUT2D eigenvalue weighted by molar-refractivity contribution is -0.0530. The number of halogens is 2. The minimum atomic E-state index is -2.98. The van der Waals surface area contributed by atoms with Crippen LogP contribution in [0.2, 0.25) is 0 Å². The van der Waals surface area contributed by atoms with Crippen LogP contribution >= 0.6 is 0 Å². The molecular formula is C20H21F2N5O2. The fraction of sp³-hybridized carbons (Fsp3) is 0.450. The Morgan fingerprint density at radius 3 is 2.79 bits per heavy atom. The van der Waals surface area contributed by atoms with Crippen LogP contribution in [-0.4, -0.2) is 32.7 Å². The standard InChI is InChI=1S/C20H21F2N5O2/c1-20(2)18-26-16-13(27(18)5-6-28-20)8-12(25-15(16)10-3-4-10)11-7-14(29-19(21)22)17(23)24-9-11/h7-10,19H,3-6H2,1-2H3,(H2,23,24). The molecule has 1 aliphatic heterocycles. The third-order valence-electron chi connectivity index (χ3n) is 5.44. The maximum atomic E-state index is 12.7. The van der Waals surface area contributed by atoms with Gasteiger partial charge in [0.15, 0.2) is 11.6 Å². The minimum absolute atomic E-state index is 0.0850. The van der Waals surface area contributed by atoms with Crippen LogP contribution in [0, 0.1) is 0 Å². The molecule has 5 rings (SSSR count). The SMILES string of the molecule is CC1(C)OCCn2c1nc1c(C3CC3)nc(-c3cnc(N)c(OC(F)F)c3)cc12. The molecule has 0 atom stereocenters. The Balaban J connectivity index is 1.70. The molecule has 1 fully saturated rings. The first-order chi connectivity index (χ1) is 13.8. The van der Waals surface area contributed by atoms with E-state index in [9.17, 15) is 8.78 Å². The van der Waals surface area contributed by atoms with Gasteiger partial charge in [-0.1, -0.05) is 0 Å². The molecule has 0 radical (unpaired) electrons. The molecule has 152 valence electrons. The molecule has 1 saturated carbocycles. The van der Waals surface area contributed by atoms with E-state index in [2.05, 4.69) is 14.3 Å². The van der Waals surface area contributed by atoms with E-state index in [-0.39, 0.29) is 11.6 Å². The van der Waals surface area contributed by atoms with E-state index in [1.54, 1.807) is 0 Å². The average Bonchev–Trinajstić information content (AvgIpc) is 3.43. The van der Waals surface area contributed by atoms with E-state index in [0.29, 0.717) is 30.3 Å². The number of ether oxygens (including phenoxy) is 2. The van der Waals surface area contributed by atoms with Crippen LogP contribution in [0.15, 0.2) is 18.3 Å². The maximum Gasteiger partial charge on any atom is 0.387 e. The van der Waals surface area contributed by atoms with Crippen molar-refractivity contribution < 1.29 is 18.3 Å². The summed E-state index contributed by atoms with van der Waals surface area (Å²) in [4.78, 5) is 13.7. The summed E-state index contributed by atoms with van der Waals surface area (Å²) in [5, 5.41) is 0. The Labute approximate surface area is 165 Å². The average molecular weight is 401 g/mol. The van der Waals surface area contributed by atoms with Crippen molar-refractivity contribution in [3.63, 3.8) is 0 Å². The highest BCUT2D eigenvalue weighted by atomic mass is 19.3. The zero-order valence-electron chi connectivity index (χ0n) is 16.2. The van der Waals surface area contributed by atoms with Crippen LogP contribution in [0.5, 0.6) is 5.75 Å². The van der Waals surface area contributed by atoms with Gasteiger partial charge in [0.1, 0.15) is 16.9 Å². The van der Waals surface area contributed by atoms with Crippen molar-refractivity contribution in [3.05, 3.63) is 29.8 Å². The number of alkyl halides is 2. The Bertz CT molecular complexity index is 1110. The van der Waals surface area contributed by atoms with Gasteiger partial charge in [0, 0.05) is 24.2 Å². The zero-order valence-corrected chi connectivity index (χ0v) is 16.2. The fourth-order valence-corrected chi connectivity index (χ4v) is 3.86. The van der Waals surface area contributed by atoms with Crippen molar-refractivity contribution in [2.45, 2.75) is 51.4 Å². The number of pyridine rings is 2. The molecule has 7 nitrogen and oxygen atoms in total. The number of fused-ring (bicyclic) bond motifs is 3. The van der Waals surface area contributed by atoms with Gasteiger partial charge in [-0.15, -0.1) is 0 Å². The van der Waals surface area contributed by atoms with Crippen molar-refractivity contribution >= 4 is 16.9 Å². The van der Waals surface area contributed by atoms with Gasteiger partial charge in [0.25, 0.3) is 0 Å². The maximum absolute atomic E-state index is 12.7. The number of nitrogens with zero attached hydrogens (tertiary/aromatic N) is 4. The first-order valence-corrected chi connectivity index (χ1v) is 9.60. The van der Waals surface area contributed by atoms with Crippen LogP contribution in [0.4, 0.5) is 14.6 Å². The molecule has 2 aliphatic rings. The van der Waals surface area contributed by atoms with Crippen LogP contribution in [0.1, 0.15) is 44.1 Å². The summed E-state index contributed by atoms with van der Waals surface area (Å²) in [6.07, 6.45) is 3.65. The molecule has 1 aliphatic carbocycles. The smallest absolute Gasteiger partial charge is 0.387 e. The number of nitrogens with two attached hydrogens (primary N) is 1. The van der Waals surface area contributed by atoms with E-state index in [1.807, 2.05) is 19.9 Å². The lowest BCUT2D eigenvalue weighted by Gasteiger charge is -2.30. The Morgan fingerprint density at radius 1 is 1.28 bits per heavy atom. The molecule has 0 amide bonds. The second-order valence-electron chi connectivity index (χ2n) is 7.97. The first kappa shape index (κ1) is 18.2. The highest BCUT2D eigenvalue weighted by molar-refractivity contribution is 5.84. The topological polar surface area (TPSA) is 88.1 Å². The van der Waals surface area contributed by atoms with Crippen molar-refractivity contribution in [1.29, 1.82) is 0 Å². The molecule has 0 aromatic carbocycles. The van der Waals surface area contributed by atoms with E-state index in [0.717, 1.165) is 35.4 Å². The van der Waals surface area contributed by atoms with Gasteiger partial charge >= 0.3 is 6.61 Å². The molecule has 0 bridgehead atoms. The van der Waals surface area contributed by atoms with Crippen LogP contribution < -0.4 is 10.5 Å². The minimum Gasteiger partial charge on any atom is -0.431 e. The van der Waals surface area contributed by atoms with E-state index in [4.69, 9.17) is 20.4 Å². The van der Waals surface area contributed by atoms with Crippen LogP contribution in [0.3, 0.4) is 0 Å². The molecule has 3 aromatic heterocycles. The van der Waals surface area contributed by atoms with E-state index >= 15 is 0 Å². The van der Waals surface area contributed by atoms with Gasteiger partial charge < -0.3 is 19.8 Å². The number of imidazole rings is 1. The molecular weight excluding hydrogens is 380 g/mol. The molecule has 0 unspecified atom stereocenters. The van der Waals surface area contributed by atoms with E-state index in [1.165, 1.54) is 12.3 Å². The monoisotopic (exact) mass is 401 g/mol. The number of anilines is 1. The van der Waals surface area contributed by atoms with Crippen molar-refractivity contribution in [1.82, 2.24) is 19.5 Å². The van der Waals surface area contributed by atoms with Gasteiger partial charge in [-0.2, -0.15) is 8.78 Å². The highest BCUT2D eigenvalue weighted by Gasteiger charge is 2.35. The summed E-state index contributed by atoms with van der Waals surface area (Å²) in [5.74, 6) is 0.990. The Hall–Kier alpha value is -2.81. The summed E-state index contributed by atoms with van der Waals surface area (Å²) in [7, 11) is 0. The summed E-state index contributed by atoms with van der Waals surface area (Å²) in [5.41, 5.74) is 9.19. The third kappa shape index (κ3) is 3.09. The third-order valence-corrected chi connectivity index (χ3v) is 5.44.